The Kier molecular flexibility index (Phi) is 4.74. The van der Waals surface area contributed by atoms with E-state index in [-0.39, 0.29) is 0 Å². The second-order valence-corrected chi connectivity index (χ2v) is 5.09. The van der Waals surface area contributed by atoms with Crippen LogP contribution in [0.15, 0.2) is 42.5 Å². The molecule has 0 aliphatic heterocycles. The standard InChI is InChI=1S/C17H19NOS/c1-4-14-9-5-6-11-16(14)19-17(20)18-15-10-7-8-12(2)13(15)3/h5-11H,4H2,1-3H3,(H,18,20). The highest BCUT2D eigenvalue weighted by Gasteiger charge is 2.07. The summed E-state index contributed by atoms with van der Waals surface area (Å²) < 4.78 is 5.76. The largest absolute Gasteiger partial charge is 0.431 e. The van der Waals surface area contributed by atoms with E-state index in [4.69, 9.17) is 17.0 Å². The highest BCUT2D eigenvalue weighted by Crippen LogP contribution is 2.21. The third kappa shape index (κ3) is 3.36. The lowest BCUT2D eigenvalue weighted by Gasteiger charge is -2.14. The van der Waals surface area contributed by atoms with Gasteiger partial charge in [0.25, 0.3) is 5.17 Å². The average molecular weight is 285 g/mol. The molecule has 0 radical (unpaired) electrons. The molecule has 0 fully saturated rings. The molecule has 1 N–H and O–H groups in total. The lowest BCUT2D eigenvalue weighted by Crippen LogP contribution is -2.17. The Hall–Kier alpha value is -1.87. The second kappa shape index (κ2) is 6.53. The van der Waals surface area contributed by atoms with E-state index < -0.39 is 0 Å². The maximum absolute atomic E-state index is 5.76. The number of aryl methyl sites for hydroxylation is 2. The van der Waals surface area contributed by atoms with Crippen molar-refractivity contribution >= 4 is 23.1 Å². The van der Waals surface area contributed by atoms with Crippen molar-refractivity contribution in [1.82, 2.24) is 0 Å². The van der Waals surface area contributed by atoms with E-state index in [1.54, 1.807) is 0 Å². The van der Waals surface area contributed by atoms with Crippen LogP contribution in [0.4, 0.5) is 5.69 Å². The smallest absolute Gasteiger partial charge is 0.266 e. The number of hydrogen-bond acceptors (Lipinski definition) is 2. The van der Waals surface area contributed by atoms with Crippen molar-refractivity contribution in [3.8, 4) is 5.75 Å². The van der Waals surface area contributed by atoms with Gasteiger partial charge in [-0.3, -0.25) is 0 Å². The van der Waals surface area contributed by atoms with Crippen LogP contribution >= 0.6 is 12.2 Å². The van der Waals surface area contributed by atoms with Gasteiger partial charge in [0.2, 0.25) is 0 Å². The molecule has 0 amide bonds. The van der Waals surface area contributed by atoms with Gasteiger partial charge in [0.15, 0.2) is 0 Å². The summed E-state index contributed by atoms with van der Waals surface area (Å²) in [7, 11) is 0. The summed E-state index contributed by atoms with van der Waals surface area (Å²) in [6.45, 7) is 6.25. The molecule has 0 aliphatic carbocycles. The number of anilines is 1. The minimum Gasteiger partial charge on any atom is -0.431 e. The maximum Gasteiger partial charge on any atom is 0.266 e. The van der Waals surface area contributed by atoms with Crippen LogP contribution in [0.5, 0.6) is 5.75 Å². The van der Waals surface area contributed by atoms with Gasteiger partial charge in [-0.05, 0) is 61.3 Å². The fourth-order valence-corrected chi connectivity index (χ4v) is 2.22. The van der Waals surface area contributed by atoms with E-state index in [1.165, 1.54) is 11.1 Å². The van der Waals surface area contributed by atoms with Gasteiger partial charge in [-0.2, -0.15) is 0 Å². The first-order chi connectivity index (χ1) is 9.61. The van der Waals surface area contributed by atoms with E-state index in [9.17, 15) is 0 Å². The van der Waals surface area contributed by atoms with E-state index in [1.807, 2.05) is 30.3 Å². The highest BCUT2D eigenvalue weighted by molar-refractivity contribution is 7.80. The van der Waals surface area contributed by atoms with Gasteiger partial charge in [0.1, 0.15) is 5.75 Å². The SMILES string of the molecule is CCc1ccccc1OC(=S)Nc1cccc(C)c1C. The lowest BCUT2D eigenvalue weighted by molar-refractivity contribution is 0.555. The Labute approximate surface area is 125 Å². The fourth-order valence-electron chi connectivity index (χ4n) is 2.02. The lowest BCUT2D eigenvalue weighted by atomic mass is 10.1. The van der Waals surface area contributed by atoms with Crippen molar-refractivity contribution in [2.75, 3.05) is 5.32 Å². The van der Waals surface area contributed by atoms with Crippen molar-refractivity contribution in [3.05, 3.63) is 59.2 Å². The topological polar surface area (TPSA) is 21.3 Å². The number of hydrogen-bond donors (Lipinski definition) is 1. The summed E-state index contributed by atoms with van der Waals surface area (Å²) in [5.74, 6) is 0.817. The van der Waals surface area contributed by atoms with Gasteiger partial charge >= 0.3 is 0 Å². The minimum atomic E-state index is 0.375. The van der Waals surface area contributed by atoms with Gasteiger partial charge in [0.05, 0.1) is 0 Å². The Bertz CT molecular complexity index is 622. The Morgan fingerprint density at radius 2 is 1.85 bits per heavy atom. The zero-order valence-corrected chi connectivity index (χ0v) is 12.9. The zero-order valence-electron chi connectivity index (χ0n) is 12.1. The van der Waals surface area contributed by atoms with E-state index >= 15 is 0 Å². The van der Waals surface area contributed by atoms with Gasteiger partial charge in [-0.15, -0.1) is 0 Å². The number of rotatable bonds is 3. The van der Waals surface area contributed by atoms with Crippen LogP contribution in [0.25, 0.3) is 0 Å². The third-order valence-electron chi connectivity index (χ3n) is 3.40. The molecule has 2 rings (SSSR count). The summed E-state index contributed by atoms with van der Waals surface area (Å²) in [4.78, 5) is 0. The van der Waals surface area contributed by atoms with Crippen molar-refractivity contribution in [2.45, 2.75) is 27.2 Å². The van der Waals surface area contributed by atoms with E-state index in [0.717, 1.165) is 23.4 Å². The van der Waals surface area contributed by atoms with Crippen LogP contribution in [0.2, 0.25) is 0 Å². The maximum atomic E-state index is 5.76. The molecule has 0 unspecified atom stereocenters. The van der Waals surface area contributed by atoms with Gasteiger partial charge in [-0.25, -0.2) is 0 Å². The zero-order chi connectivity index (χ0) is 14.5. The summed E-state index contributed by atoms with van der Waals surface area (Å²) in [5.41, 5.74) is 4.55. The van der Waals surface area contributed by atoms with Crippen molar-refractivity contribution in [1.29, 1.82) is 0 Å². The molecule has 104 valence electrons. The number of ether oxygens (including phenoxy) is 1. The minimum absolute atomic E-state index is 0.375. The molecule has 2 aromatic rings. The molecule has 0 saturated carbocycles. The molecule has 2 nitrogen and oxygen atoms in total. The summed E-state index contributed by atoms with van der Waals surface area (Å²) in [6.07, 6.45) is 0.919. The van der Waals surface area contributed by atoms with Gasteiger partial charge < -0.3 is 10.1 Å². The van der Waals surface area contributed by atoms with Crippen molar-refractivity contribution in [3.63, 3.8) is 0 Å². The number of para-hydroxylation sites is 1. The third-order valence-corrected chi connectivity index (χ3v) is 3.58. The van der Waals surface area contributed by atoms with Crippen LogP contribution in [0.3, 0.4) is 0 Å². The van der Waals surface area contributed by atoms with Crippen LogP contribution in [-0.2, 0) is 6.42 Å². The first-order valence-corrected chi connectivity index (χ1v) is 7.15. The Morgan fingerprint density at radius 3 is 2.60 bits per heavy atom. The Balaban J connectivity index is 2.11. The van der Waals surface area contributed by atoms with Crippen LogP contribution < -0.4 is 10.1 Å². The molecule has 0 heterocycles. The second-order valence-electron chi connectivity index (χ2n) is 4.72. The van der Waals surface area contributed by atoms with Crippen LogP contribution in [0, 0.1) is 13.8 Å². The van der Waals surface area contributed by atoms with Crippen LogP contribution in [-0.4, -0.2) is 5.17 Å². The predicted molar refractivity (Wildman–Crippen MR) is 88.6 cm³/mol. The molecule has 3 heteroatoms. The molecule has 20 heavy (non-hydrogen) atoms. The van der Waals surface area contributed by atoms with E-state index in [0.29, 0.717) is 5.17 Å². The molecular formula is C17H19NOS. The fraction of sp³-hybridized carbons (Fsp3) is 0.235. The predicted octanol–water partition coefficient (Wildman–Crippen LogP) is 4.64. The molecular weight excluding hydrogens is 266 g/mol. The average Bonchev–Trinajstić information content (AvgIpc) is 2.44. The van der Waals surface area contributed by atoms with Crippen molar-refractivity contribution in [2.24, 2.45) is 0 Å². The molecule has 0 aromatic heterocycles. The molecule has 0 bridgehead atoms. The molecule has 2 aromatic carbocycles. The monoisotopic (exact) mass is 285 g/mol. The van der Waals surface area contributed by atoms with E-state index in [2.05, 4.69) is 38.2 Å². The normalized spacial score (nSPS) is 10.2. The van der Waals surface area contributed by atoms with Crippen molar-refractivity contribution < 1.29 is 4.74 Å². The highest BCUT2D eigenvalue weighted by atomic mass is 32.1. The number of thiocarbonyl (C=S) groups is 1. The quantitative estimate of drug-likeness (QED) is 0.830. The number of nitrogens with one attached hydrogen (secondary N) is 1. The molecule has 0 aliphatic rings. The van der Waals surface area contributed by atoms with Gasteiger partial charge in [-0.1, -0.05) is 37.3 Å². The molecule has 0 saturated heterocycles. The molecule has 0 atom stereocenters. The molecule has 0 spiro atoms. The first-order valence-electron chi connectivity index (χ1n) is 6.74. The number of benzene rings is 2. The first kappa shape index (κ1) is 14.5. The Morgan fingerprint density at radius 1 is 1.10 bits per heavy atom. The van der Waals surface area contributed by atoms with Gasteiger partial charge in [0, 0.05) is 5.69 Å². The summed E-state index contributed by atoms with van der Waals surface area (Å²) >= 11 is 5.30. The van der Waals surface area contributed by atoms with Crippen LogP contribution in [0.1, 0.15) is 23.6 Å². The summed E-state index contributed by atoms with van der Waals surface area (Å²) in [5, 5.41) is 3.53. The summed E-state index contributed by atoms with van der Waals surface area (Å²) in [6, 6.07) is 14.0.